The molecule has 55 heavy (non-hydrogen) atoms. The first kappa shape index (κ1) is 42.3. The van der Waals surface area contributed by atoms with Gasteiger partial charge in [-0.25, -0.2) is 0 Å². The summed E-state index contributed by atoms with van der Waals surface area (Å²) >= 11 is 0. The van der Waals surface area contributed by atoms with Gasteiger partial charge in [-0.15, -0.1) is 0 Å². The highest BCUT2D eigenvalue weighted by molar-refractivity contribution is 5.33. The lowest BCUT2D eigenvalue weighted by molar-refractivity contribution is -0.368. The van der Waals surface area contributed by atoms with Gasteiger partial charge in [-0.2, -0.15) is 0 Å². The molecule has 0 bridgehead atoms. The first-order valence-corrected chi connectivity index (χ1v) is 20.8. The molecule has 13 nitrogen and oxygen atoms in total. The molecule has 6 unspecified atom stereocenters. The van der Waals surface area contributed by atoms with Crippen LogP contribution in [0.1, 0.15) is 107 Å². The molecule has 5 aliphatic carbocycles. The van der Waals surface area contributed by atoms with Crippen LogP contribution in [0, 0.1) is 50.2 Å². The van der Waals surface area contributed by atoms with Crippen LogP contribution in [-0.2, 0) is 18.9 Å². The van der Waals surface area contributed by atoms with Crippen LogP contribution in [0.4, 0.5) is 0 Å². The molecule has 2 saturated heterocycles. The third kappa shape index (κ3) is 5.95. The molecule has 0 radical (unpaired) electrons. The molecular weight excluding hydrogens is 712 g/mol. The highest BCUT2D eigenvalue weighted by Gasteiger charge is 2.75. The lowest BCUT2D eigenvalue weighted by Gasteiger charge is -2.74. The zero-order valence-corrected chi connectivity index (χ0v) is 34.0. The quantitative estimate of drug-likeness (QED) is 0.139. The summed E-state index contributed by atoms with van der Waals surface area (Å²) in [6.45, 7) is 16.4. The van der Waals surface area contributed by atoms with Gasteiger partial charge in [0.2, 0.25) is 0 Å². The van der Waals surface area contributed by atoms with E-state index in [2.05, 4.69) is 53.7 Å². The Hall–Kier alpha value is -0.780. The van der Waals surface area contributed by atoms with E-state index in [1.165, 1.54) is 0 Å². The van der Waals surface area contributed by atoms with Crippen LogP contribution in [0.25, 0.3) is 0 Å². The summed E-state index contributed by atoms with van der Waals surface area (Å²) < 4.78 is 24.0. The van der Waals surface area contributed by atoms with E-state index >= 15 is 0 Å². The Morgan fingerprint density at radius 2 is 1.36 bits per heavy atom. The van der Waals surface area contributed by atoms with Crippen molar-refractivity contribution in [3.8, 4) is 0 Å². The van der Waals surface area contributed by atoms with Crippen LogP contribution in [0.3, 0.4) is 0 Å². The van der Waals surface area contributed by atoms with Crippen molar-refractivity contribution in [2.75, 3.05) is 13.2 Å². The average molecular weight is 783 g/mol. The van der Waals surface area contributed by atoms with E-state index in [9.17, 15) is 46.0 Å². The van der Waals surface area contributed by atoms with Crippen molar-refractivity contribution in [3.05, 3.63) is 12.2 Å². The van der Waals surface area contributed by atoms with Crippen LogP contribution >= 0.6 is 0 Å². The first-order chi connectivity index (χ1) is 25.5. The highest BCUT2D eigenvalue weighted by Crippen LogP contribution is 2.76. The van der Waals surface area contributed by atoms with Crippen molar-refractivity contribution in [3.63, 3.8) is 0 Å². The van der Waals surface area contributed by atoms with Crippen molar-refractivity contribution in [2.45, 2.75) is 186 Å². The van der Waals surface area contributed by atoms with Crippen LogP contribution in [0.15, 0.2) is 12.2 Å². The Morgan fingerprint density at radius 1 is 0.691 bits per heavy atom. The smallest absolute Gasteiger partial charge is 0.187 e. The van der Waals surface area contributed by atoms with Gasteiger partial charge in [0.05, 0.1) is 37.1 Å². The lowest BCUT2D eigenvalue weighted by Crippen LogP contribution is -2.74. The van der Waals surface area contributed by atoms with E-state index in [0.717, 1.165) is 38.5 Å². The van der Waals surface area contributed by atoms with E-state index in [-0.39, 0.29) is 46.0 Å². The summed E-state index contributed by atoms with van der Waals surface area (Å²) in [5.41, 5.74) is -3.41. The molecule has 7 aliphatic rings. The van der Waals surface area contributed by atoms with Gasteiger partial charge < -0.3 is 64.9 Å². The molecule has 316 valence electrons. The van der Waals surface area contributed by atoms with E-state index in [1.807, 2.05) is 6.92 Å². The molecule has 0 aromatic heterocycles. The van der Waals surface area contributed by atoms with Gasteiger partial charge in [0.25, 0.3) is 0 Å². The Bertz CT molecular complexity index is 1460. The van der Waals surface area contributed by atoms with Gasteiger partial charge in [-0.1, -0.05) is 60.6 Å². The largest absolute Gasteiger partial charge is 0.396 e. The minimum atomic E-state index is -1.73. The fourth-order valence-corrected chi connectivity index (χ4v) is 13.7. The third-order valence-corrected chi connectivity index (χ3v) is 17.7. The number of aliphatic hydroxyl groups excluding tert-OH is 8. The summed E-state index contributed by atoms with van der Waals surface area (Å²) in [5.74, 6) is -0.0502. The van der Waals surface area contributed by atoms with Crippen molar-refractivity contribution in [1.82, 2.24) is 0 Å². The molecule has 7 rings (SSSR count). The minimum Gasteiger partial charge on any atom is -0.396 e. The Morgan fingerprint density at radius 3 is 2.02 bits per heavy atom. The monoisotopic (exact) mass is 782 g/mol. The van der Waals surface area contributed by atoms with Crippen molar-refractivity contribution in [2.24, 2.45) is 50.2 Å². The number of hydrogen-bond donors (Lipinski definition) is 9. The standard InChI is InChI=1S/C42H70O13/c1-21-28(46)33(55-34-31(49)30(48)29(47)22(19-43)53-34)32(50)35(52-21)54-27-11-12-37(4)23(39(27,6)20-44)9-13-40(7)24(37)10-14-42(51)25-17-36(2,3)15-16-38(25,5)26(45)18-41(40,42)8/h10,14,21-35,43-51H,9,11-13,15-20H2,1-8H3/t21-,22-,23-,24-,25-,26?,27+,28?,29-,30?,31-,32-,33?,34?,35?,37+,38+,39+,40-,41+,42+/m1/s1. The number of allylic oxidation sites excluding steroid dienone is 1. The van der Waals surface area contributed by atoms with Crippen molar-refractivity contribution in [1.29, 1.82) is 0 Å². The molecule has 0 aromatic rings. The maximum absolute atomic E-state index is 13.1. The second-order valence-electron chi connectivity index (χ2n) is 21.0. The summed E-state index contributed by atoms with van der Waals surface area (Å²) in [7, 11) is 0. The fraction of sp³-hybridized carbons (Fsp3) is 0.952. The number of rotatable bonds is 6. The molecule has 6 fully saturated rings. The molecule has 0 aromatic carbocycles. The van der Waals surface area contributed by atoms with Gasteiger partial charge in [-0.05, 0) is 91.8 Å². The second kappa shape index (κ2) is 13.9. The maximum Gasteiger partial charge on any atom is 0.187 e. The van der Waals surface area contributed by atoms with Crippen LogP contribution in [0.2, 0.25) is 0 Å². The third-order valence-electron chi connectivity index (χ3n) is 17.7. The zero-order valence-electron chi connectivity index (χ0n) is 34.0. The van der Waals surface area contributed by atoms with Gasteiger partial charge in [0.15, 0.2) is 12.6 Å². The zero-order chi connectivity index (χ0) is 40.5. The molecule has 2 heterocycles. The summed E-state index contributed by atoms with van der Waals surface area (Å²) in [6.07, 6.45) is -5.01. The van der Waals surface area contributed by atoms with Gasteiger partial charge in [0, 0.05) is 16.7 Å². The fourth-order valence-electron chi connectivity index (χ4n) is 13.7. The first-order valence-electron chi connectivity index (χ1n) is 20.8. The Balaban J connectivity index is 1.14. The predicted octanol–water partition coefficient (Wildman–Crippen LogP) is 1.76. The van der Waals surface area contributed by atoms with Crippen molar-refractivity contribution >= 4 is 0 Å². The summed E-state index contributed by atoms with van der Waals surface area (Å²) in [6, 6.07) is 0. The Kier molecular flexibility index (Phi) is 10.7. The number of hydrogen-bond acceptors (Lipinski definition) is 13. The van der Waals surface area contributed by atoms with Gasteiger partial charge in [-0.3, -0.25) is 0 Å². The van der Waals surface area contributed by atoms with Crippen LogP contribution in [0.5, 0.6) is 0 Å². The second-order valence-corrected chi connectivity index (χ2v) is 21.0. The number of ether oxygens (including phenoxy) is 4. The Labute approximate surface area is 326 Å². The number of aliphatic hydroxyl groups is 9. The van der Waals surface area contributed by atoms with Crippen LogP contribution in [-0.4, -0.2) is 138 Å². The topological polar surface area (TPSA) is 219 Å². The minimum absolute atomic E-state index is 0.0152. The molecule has 13 heteroatoms. The van der Waals surface area contributed by atoms with Crippen molar-refractivity contribution < 1.29 is 64.9 Å². The average Bonchev–Trinajstić information content (AvgIpc) is 3.12. The normalized spacial score (nSPS) is 58.9. The van der Waals surface area contributed by atoms with Gasteiger partial charge in [0.1, 0.15) is 42.7 Å². The number of fused-ring (bicyclic) bond motifs is 7. The summed E-state index contributed by atoms with van der Waals surface area (Å²) in [4.78, 5) is 0. The SMILES string of the molecule is C[C@H]1OC(O[C@H]2CC[C@@]3(C)[C@@H](CC[C@]4(C)[C@@H]3C=C[C@]3(O)[C@@H]5CC(C)(C)CC[C@]5(C)C(O)C[C@]34C)[C@]2(C)CO)[C@H](O)C(OC2O[C@H](CO)[C@@H](O)C(O)[C@H]2O)C1O. The van der Waals surface area contributed by atoms with E-state index in [0.29, 0.717) is 12.8 Å². The molecule has 0 spiro atoms. The van der Waals surface area contributed by atoms with E-state index in [4.69, 9.17) is 18.9 Å². The maximum atomic E-state index is 13.1. The molecular formula is C42H70O13. The van der Waals surface area contributed by atoms with E-state index in [1.54, 1.807) is 6.92 Å². The van der Waals surface area contributed by atoms with E-state index < -0.39 is 96.7 Å². The molecule has 21 atom stereocenters. The predicted molar refractivity (Wildman–Crippen MR) is 199 cm³/mol. The van der Waals surface area contributed by atoms with Gasteiger partial charge >= 0.3 is 0 Å². The molecule has 2 aliphatic heterocycles. The summed E-state index contributed by atoms with van der Waals surface area (Å²) in [5, 5.41) is 99.8. The van der Waals surface area contributed by atoms with Crippen LogP contribution < -0.4 is 0 Å². The molecule has 4 saturated carbocycles. The molecule has 9 N–H and O–H groups in total. The lowest BCUT2D eigenvalue weighted by atomic mass is 9.31. The highest BCUT2D eigenvalue weighted by atomic mass is 16.7. The molecule has 0 amide bonds.